The molecule has 1 aliphatic heterocycles. The smallest absolute Gasteiger partial charge is 0.231 e. The summed E-state index contributed by atoms with van der Waals surface area (Å²) < 4.78 is 39.5. The molecule has 0 radical (unpaired) electrons. The van der Waals surface area contributed by atoms with Crippen molar-refractivity contribution in [3.63, 3.8) is 0 Å². The zero-order chi connectivity index (χ0) is 24.2. The van der Waals surface area contributed by atoms with Gasteiger partial charge in [0, 0.05) is 11.9 Å². The number of anilines is 1. The molecule has 0 fully saturated rings. The Kier molecular flexibility index (Phi) is 4.85. The molecular formula is C25H21N5O4S. The molecule has 0 atom stereocenters. The monoisotopic (exact) mass is 487 g/mol. The third-order valence-electron chi connectivity index (χ3n) is 5.99. The molecule has 2 aromatic heterocycles. The van der Waals surface area contributed by atoms with E-state index in [1.54, 1.807) is 19.1 Å². The molecule has 0 amide bonds. The van der Waals surface area contributed by atoms with Gasteiger partial charge in [0.05, 0.1) is 10.4 Å². The third kappa shape index (κ3) is 3.53. The molecule has 0 unspecified atom stereocenters. The SMILES string of the molecule is Cc1ccc(S(=O)(=O)c2nnn3c2nc(NCc2ccc4c(c2)OCO4)c2ccccc23)c(C)c1. The van der Waals surface area contributed by atoms with Crippen LogP contribution in [-0.4, -0.2) is 35.0 Å². The maximum atomic E-state index is 13.6. The number of hydrogen-bond donors (Lipinski definition) is 1. The second-order valence-electron chi connectivity index (χ2n) is 8.42. The zero-order valence-corrected chi connectivity index (χ0v) is 19.8. The predicted molar refractivity (Wildman–Crippen MR) is 130 cm³/mol. The molecule has 0 saturated heterocycles. The normalized spacial score (nSPS) is 13.0. The molecule has 1 aliphatic rings. The minimum absolute atomic E-state index is 0.164. The number of rotatable bonds is 5. The lowest BCUT2D eigenvalue weighted by atomic mass is 10.2. The number of aryl methyl sites for hydroxylation is 2. The summed E-state index contributed by atoms with van der Waals surface area (Å²) in [7, 11) is -3.94. The second-order valence-corrected chi connectivity index (χ2v) is 10.3. The first-order valence-electron chi connectivity index (χ1n) is 11.0. The molecule has 176 valence electrons. The summed E-state index contributed by atoms with van der Waals surface area (Å²) in [6.07, 6.45) is 0. The van der Waals surface area contributed by atoms with Crippen molar-refractivity contribution in [3.05, 3.63) is 77.4 Å². The standard InChI is InChI=1S/C25H21N5O4S/c1-15-7-10-22(16(2)11-15)35(31,32)25-24-27-23(18-5-3-4-6-19(18)30(24)29-28-25)26-13-17-8-9-20-21(12-17)34-14-33-20/h3-12H,13-14H2,1-2H3,(H,26,27). The topological polar surface area (TPSA) is 108 Å². The van der Waals surface area contributed by atoms with Crippen LogP contribution in [0.25, 0.3) is 16.6 Å². The van der Waals surface area contributed by atoms with Gasteiger partial charge < -0.3 is 14.8 Å². The van der Waals surface area contributed by atoms with Crippen molar-refractivity contribution in [1.29, 1.82) is 0 Å². The van der Waals surface area contributed by atoms with Crippen molar-refractivity contribution in [2.45, 2.75) is 30.3 Å². The largest absolute Gasteiger partial charge is 0.454 e. The van der Waals surface area contributed by atoms with E-state index in [1.807, 2.05) is 55.5 Å². The highest BCUT2D eigenvalue weighted by Gasteiger charge is 2.28. The van der Waals surface area contributed by atoms with Gasteiger partial charge in [0.1, 0.15) is 5.82 Å². The van der Waals surface area contributed by atoms with E-state index >= 15 is 0 Å². The molecule has 0 bridgehead atoms. The molecule has 1 N–H and O–H groups in total. The van der Waals surface area contributed by atoms with Crippen molar-refractivity contribution in [2.24, 2.45) is 0 Å². The van der Waals surface area contributed by atoms with Gasteiger partial charge in [-0.2, -0.15) is 4.52 Å². The Balaban J connectivity index is 1.46. The van der Waals surface area contributed by atoms with Gasteiger partial charge in [-0.25, -0.2) is 13.4 Å². The van der Waals surface area contributed by atoms with Gasteiger partial charge in [0.2, 0.25) is 21.7 Å². The van der Waals surface area contributed by atoms with Crippen LogP contribution < -0.4 is 14.8 Å². The van der Waals surface area contributed by atoms with E-state index in [4.69, 9.17) is 9.47 Å². The number of nitrogens with one attached hydrogen (secondary N) is 1. The minimum atomic E-state index is -3.94. The predicted octanol–water partition coefficient (Wildman–Crippen LogP) is 4.07. The van der Waals surface area contributed by atoms with E-state index in [-0.39, 0.29) is 22.4 Å². The van der Waals surface area contributed by atoms with Crippen LogP contribution in [0.5, 0.6) is 11.5 Å². The van der Waals surface area contributed by atoms with Gasteiger partial charge >= 0.3 is 0 Å². The first kappa shape index (κ1) is 21.4. The van der Waals surface area contributed by atoms with E-state index in [0.717, 1.165) is 16.5 Å². The van der Waals surface area contributed by atoms with Gasteiger partial charge in [-0.15, -0.1) is 5.10 Å². The van der Waals surface area contributed by atoms with Gasteiger partial charge in [-0.3, -0.25) is 0 Å². The van der Waals surface area contributed by atoms with Crippen molar-refractivity contribution in [3.8, 4) is 11.5 Å². The van der Waals surface area contributed by atoms with E-state index in [2.05, 4.69) is 20.6 Å². The molecule has 5 aromatic rings. The number of para-hydroxylation sites is 1. The molecule has 6 rings (SSSR count). The summed E-state index contributed by atoms with van der Waals surface area (Å²) in [5, 5.41) is 12.2. The lowest BCUT2D eigenvalue weighted by Crippen LogP contribution is -2.08. The molecule has 3 aromatic carbocycles. The second kappa shape index (κ2) is 7.95. The summed E-state index contributed by atoms with van der Waals surface area (Å²) in [6, 6.07) is 18.4. The summed E-state index contributed by atoms with van der Waals surface area (Å²) in [5.74, 6) is 1.94. The van der Waals surface area contributed by atoms with Crippen LogP contribution in [0, 0.1) is 13.8 Å². The van der Waals surface area contributed by atoms with Crippen molar-refractivity contribution in [1.82, 2.24) is 19.8 Å². The minimum Gasteiger partial charge on any atom is -0.454 e. The van der Waals surface area contributed by atoms with Crippen LogP contribution in [0.2, 0.25) is 0 Å². The van der Waals surface area contributed by atoms with Crippen LogP contribution >= 0.6 is 0 Å². The Bertz CT molecular complexity index is 1730. The molecule has 35 heavy (non-hydrogen) atoms. The average Bonchev–Trinajstić information content (AvgIpc) is 3.49. The lowest BCUT2D eigenvalue weighted by molar-refractivity contribution is 0.174. The Hall–Kier alpha value is -4.18. The van der Waals surface area contributed by atoms with Gasteiger partial charge in [0.25, 0.3) is 0 Å². The molecule has 0 saturated carbocycles. The van der Waals surface area contributed by atoms with E-state index < -0.39 is 9.84 Å². The van der Waals surface area contributed by atoms with Crippen LogP contribution in [-0.2, 0) is 16.4 Å². The van der Waals surface area contributed by atoms with E-state index in [9.17, 15) is 8.42 Å². The first-order valence-corrected chi connectivity index (χ1v) is 12.5. The zero-order valence-electron chi connectivity index (χ0n) is 19.0. The van der Waals surface area contributed by atoms with E-state index in [0.29, 0.717) is 34.9 Å². The lowest BCUT2D eigenvalue weighted by Gasteiger charge is -2.11. The Morgan fingerprint density at radius 3 is 2.69 bits per heavy atom. The fourth-order valence-electron chi connectivity index (χ4n) is 4.30. The molecule has 3 heterocycles. The van der Waals surface area contributed by atoms with Crippen molar-refractivity contribution < 1.29 is 17.9 Å². The molecule has 9 nitrogen and oxygen atoms in total. The maximum absolute atomic E-state index is 13.6. The van der Waals surface area contributed by atoms with Gasteiger partial charge in [0.15, 0.2) is 17.1 Å². The highest BCUT2D eigenvalue weighted by atomic mass is 32.2. The van der Waals surface area contributed by atoms with Gasteiger partial charge in [-0.1, -0.05) is 41.1 Å². The number of nitrogens with zero attached hydrogens (tertiary/aromatic N) is 4. The number of hydrogen-bond acceptors (Lipinski definition) is 8. The molecule has 0 spiro atoms. The van der Waals surface area contributed by atoms with Gasteiger partial charge in [-0.05, 0) is 55.3 Å². The van der Waals surface area contributed by atoms with Crippen LogP contribution in [0.3, 0.4) is 0 Å². The molecule has 10 heteroatoms. The summed E-state index contributed by atoms with van der Waals surface area (Å²) >= 11 is 0. The molecule has 0 aliphatic carbocycles. The van der Waals surface area contributed by atoms with Crippen molar-refractivity contribution in [2.75, 3.05) is 12.1 Å². The summed E-state index contributed by atoms with van der Waals surface area (Å²) in [5.41, 5.74) is 3.45. The first-order chi connectivity index (χ1) is 16.9. The number of sulfone groups is 1. The van der Waals surface area contributed by atoms with Crippen LogP contribution in [0.1, 0.15) is 16.7 Å². The Morgan fingerprint density at radius 2 is 1.83 bits per heavy atom. The fraction of sp³-hybridized carbons (Fsp3) is 0.160. The quantitative estimate of drug-likeness (QED) is 0.395. The molecular weight excluding hydrogens is 466 g/mol. The third-order valence-corrected chi connectivity index (χ3v) is 7.80. The number of benzene rings is 3. The average molecular weight is 488 g/mol. The van der Waals surface area contributed by atoms with E-state index in [1.165, 1.54) is 4.52 Å². The highest BCUT2D eigenvalue weighted by Crippen LogP contribution is 2.33. The number of fused-ring (bicyclic) bond motifs is 4. The number of aromatic nitrogens is 4. The van der Waals surface area contributed by atoms with Crippen molar-refractivity contribution >= 4 is 32.2 Å². The summed E-state index contributed by atoms with van der Waals surface area (Å²) in [6.45, 7) is 4.35. The van der Waals surface area contributed by atoms with Crippen LogP contribution in [0.15, 0.2) is 70.6 Å². The number of ether oxygens (including phenoxy) is 2. The highest BCUT2D eigenvalue weighted by molar-refractivity contribution is 7.91. The maximum Gasteiger partial charge on any atom is 0.231 e. The Labute approximate surface area is 201 Å². The Morgan fingerprint density at radius 1 is 1.00 bits per heavy atom. The fourth-order valence-corrected chi connectivity index (χ4v) is 5.75. The summed E-state index contributed by atoms with van der Waals surface area (Å²) in [4.78, 5) is 4.87. The van der Waals surface area contributed by atoms with Crippen LogP contribution in [0.4, 0.5) is 5.82 Å².